The van der Waals surface area contributed by atoms with E-state index in [9.17, 15) is 14.4 Å². The summed E-state index contributed by atoms with van der Waals surface area (Å²) in [5, 5.41) is 5.35. The predicted molar refractivity (Wildman–Crippen MR) is 108 cm³/mol. The summed E-state index contributed by atoms with van der Waals surface area (Å²) in [6.45, 7) is 7.78. The van der Waals surface area contributed by atoms with Crippen LogP contribution < -0.4 is 16.4 Å². The Bertz CT molecular complexity index is 810. The monoisotopic (exact) mass is 402 g/mol. The van der Waals surface area contributed by atoms with E-state index in [1.165, 1.54) is 0 Å². The van der Waals surface area contributed by atoms with Crippen molar-refractivity contribution < 1.29 is 19.1 Å². The number of primary amides is 1. The molecule has 0 saturated heterocycles. The van der Waals surface area contributed by atoms with Gasteiger partial charge in [0.2, 0.25) is 5.91 Å². The first-order chi connectivity index (χ1) is 13.4. The van der Waals surface area contributed by atoms with Crippen molar-refractivity contribution in [3.63, 3.8) is 0 Å². The topological polar surface area (TPSA) is 114 Å². The molecule has 0 unspecified atom stereocenters. The molecule has 158 valence electrons. The van der Waals surface area contributed by atoms with E-state index < -0.39 is 17.7 Å². The number of nitrogens with two attached hydrogens (primary N) is 1. The minimum atomic E-state index is -0.727. The van der Waals surface area contributed by atoms with E-state index >= 15 is 0 Å². The van der Waals surface area contributed by atoms with E-state index in [4.69, 9.17) is 10.5 Å². The summed E-state index contributed by atoms with van der Waals surface area (Å²) >= 11 is 0. The van der Waals surface area contributed by atoms with Crippen LogP contribution in [0.25, 0.3) is 0 Å². The molecular weight excluding hydrogens is 372 g/mol. The molecule has 0 spiro atoms. The number of carbonyl (C=O) groups excluding carboxylic acids is 3. The minimum Gasteiger partial charge on any atom is -0.444 e. The standard InChI is InChI=1S/C21H30N4O4/c1-14-6-5-7-15(8-14)10-25(16(26)9-23-17(22)27)21-11-20(12-21,13-21)24-18(28)29-19(2,3)4/h5-8H,9-13H2,1-4H3,(H,24,28)(H3,22,23,27). The Kier molecular flexibility index (Phi) is 5.23. The lowest BCUT2D eigenvalue weighted by Crippen LogP contribution is -2.84. The number of aryl methyl sites for hydroxylation is 1. The van der Waals surface area contributed by atoms with Gasteiger partial charge in [-0.05, 0) is 52.5 Å². The van der Waals surface area contributed by atoms with Crippen LogP contribution >= 0.6 is 0 Å². The van der Waals surface area contributed by atoms with Crippen molar-refractivity contribution in [2.24, 2.45) is 5.73 Å². The summed E-state index contributed by atoms with van der Waals surface area (Å²) < 4.78 is 5.36. The van der Waals surface area contributed by atoms with Crippen LogP contribution in [-0.2, 0) is 16.1 Å². The molecule has 0 aromatic heterocycles. The predicted octanol–water partition coefficient (Wildman–Crippen LogP) is 2.19. The van der Waals surface area contributed by atoms with Crippen molar-refractivity contribution >= 4 is 18.0 Å². The van der Waals surface area contributed by atoms with Gasteiger partial charge in [-0.2, -0.15) is 0 Å². The molecule has 4 rings (SSSR count). The Morgan fingerprint density at radius 3 is 2.41 bits per heavy atom. The van der Waals surface area contributed by atoms with Gasteiger partial charge in [0.25, 0.3) is 0 Å². The number of carbonyl (C=O) groups is 3. The molecule has 1 aromatic rings. The smallest absolute Gasteiger partial charge is 0.408 e. The van der Waals surface area contributed by atoms with Crippen molar-refractivity contribution in [1.29, 1.82) is 0 Å². The molecule has 2 bridgehead atoms. The first-order valence-electron chi connectivity index (χ1n) is 9.83. The molecule has 8 nitrogen and oxygen atoms in total. The van der Waals surface area contributed by atoms with Gasteiger partial charge in [-0.1, -0.05) is 29.8 Å². The van der Waals surface area contributed by atoms with Crippen LogP contribution in [0.3, 0.4) is 0 Å². The van der Waals surface area contributed by atoms with Crippen LogP contribution in [-0.4, -0.2) is 46.2 Å². The second kappa shape index (κ2) is 7.24. The average Bonchev–Trinajstić information content (AvgIpc) is 2.51. The zero-order chi connectivity index (χ0) is 21.4. The lowest BCUT2D eigenvalue weighted by molar-refractivity contribution is -0.190. The number of urea groups is 1. The lowest BCUT2D eigenvalue weighted by Gasteiger charge is -2.73. The third-order valence-electron chi connectivity index (χ3n) is 5.48. The quantitative estimate of drug-likeness (QED) is 0.677. The van der Waals surface area contributed by atoms with Crippen LogP contribution in [0.1, 0.15) is 51.2 Å². The highest BCUT2D eigenvalue weighted by Gasteiger charge is 2.72. The minimum absolute atomic E-state index is 0.143. The van der Waals surface area contributed by atoms with Gasteiger partial charge in [-0.25, -0.2) is 9.59 Å². The van der Waals surface area contributed by atoms with E-state index in [-0.39, 0.29) is 23.5 Å². The third kappa shape index (κ3) is 4.63. The van der Waals surface area contributed by atoms with E-state index in [1.807, 2.05) is 56.9 Å². The van der Waals surface area contributed by atoms with Crippen LogP contribution in [0.4, 0.5) is 9.59 Å². The van der Waals surface area contributed by atoms with Crippen molar-refractivity contribution in [2.75, 3.05) is 6.54 Å². The molecule has 4 amide bonds. The van der Waals surface area contributed by atoms with Crippen LogP contribution in [0.2, 0.25) is 0 Å². The molecule has 8 heteroatoms. The van der Waals surface area contributed by atoms with E-state index in [1.54, 1.807) is 0 Å². The maximum Gasteiger partial charge on any atom is 0.408 e. The number of nitrogens with one attached hydrogen (secondary N) is 2. The average molecular weight is 402 g/mol. The number of nitrogens with zero attached hydrogens (tertiary/aromatic N) is 1. The number of amides is 4. The van der Waals surface area contributed by atoms with Gasteiger partial charge in [-0.3, -0.25) is 4.79 Å². The van der Waals surface area contributed by atoms with Crippen LogP contribution in [0.15, 0.2) is 24.3 Å². The summed E-state index contributed by atoms with van der Waals surface area (Å²) in [6.07, 6.45) is 1.59. The highest BCUT2D eigenvalue weighted by Crippen LogP contribution is 2.64. The van der Waals surface area contributed by atoms with Gasteiger partial charge in [-0.15, -0.1) is 0 Å². The second-order valence-corrected chi connectivity index (χ2v) is 9.35. The van der Waals surface area contributed by atoms with E-state index in [2.05, 4.69) is 10.6 Å². The Morgan fingerprint density at radius 2 is 1.86 bits per heavy atom. The Hall–Kier alpha value is -2.77. The summed E-state index contributed by atoms with van der Waals surface area (Å²) in [5.74, 6) is -0.184. The number of alkyl carbamates (subject to hydrolysis) is 1. The molecule has 1 aromatic carbocycles. The molecule has 3 fully saturated rings. The van der Waals surface area contributed by atoms with Crippen molar-refractivity contribution in [1.82, 2.24) is 15.5 Å². The summed E-state index contributed by atoms with van der Waals surface area (Å²) in [5.41, 5.74) is 6.08. The van der Waals surface area contributed by atoms with Crippen molar-refractivity contribution in [2.45, 2.75) is 70.2 Å². The number of hydrogen-bond acceptors (Lipinski definition) is 4. The fraction of sp³-hybridized carbons (Fsp3) is 0.571. The van der Waals surface area contributed by atoms with Gasteiger partial charge in [0, 0.05) is 6.54 Å². The van der Waals surface area contributed by atoms with Gasteiger partial charge < -0.3 is 26.0 Å². The first kappa shape index (κ1) is 21.0. The Labute approximate surface area is 171 Å². The zero-order valence-electron chi connectivity index (χ0n) is 17.5. The molecular formula is C21H30N4O4. The first-order valence-corrected chi connectivity index (χ1v) is 9.83. The maximum absolute atomic E-state index is 12.9. The van der Waals surface area contributed by atoms with Crippen molar-refractivity contribution in [3.8, 4) is 0 Å². The molecule has 4 N–H and O–H groups in total. The molecule has 0 radical (unpaired) electrons. The zero-order valence-corrected chi connectivity index (χ0v) is 17.5. The number of ether oxygens (including phenoxy) is 1. The molecule has 0 atom stereocenters. The van der Waals surface area contributed by atoms with Gasteiger partial charge in [0.15, 0.2) is 0 Å². The molecule has 0 heterocycles. The summed E-state index contributed by atoms with van der Waals surface area (Å²) in [4.78, 5) is 37.8. The fourth-order valence-corrected chi connectivity index (χ4v) is 4.44. The fourth-order valence-electron chi connectivity index (χ4n) is 4.44. The maximum atomic E-state index is 12.9. The number of hydrogen-bond donors (Lipinski definition) is 3. The van der Waals surface area contributed by atoms with Gasteiger partial charge in [0.1, 0.15) is 5.60 Å². The van der Waals surface area contributed by atoms with Gasteiger partial charge in [0.05, 0.1) is 17.6 Å². The summed E-state index contributed by atoms with van der Waals surface area (Å²) in [6, 6.07) is 7.26. The van der Waals surface area contributed by atoms with E-state index in [0.717, 1.165) is 11.1 Å². The second-order valence-electron chi connectivity index (χ2n) is 9.35. The van der Waals surface area contributed by atoms with Gasteiger partial charge >= 0.3 is 12.1 Å². The highest BCUT2D eigenvalue weighted by atomic mass is 16.6. The van der Waals surface area contributed by atoms with Crippen molar-refractivity contribution in [3.05, 3.63) is 35.4 Å². The number of benzene rings is 1. The highest BCUT2D eigenvalue weighted by molar-refractivity contribution is 5.84. The normalized spacial score (nSPS) is 24.6. The molecule has 29 heavy (non-hydrogen) atoms. The molecule has 3 saturated carbocycles. The third-order valence-corrected chi connectivity index (χ3v) is 5.48. The van der Waals surface area contributed by atoms with E-state index in [0.29, 0.717) is 25.8 Å². The Morgan fingerprint density at radius 1 is 1.21 bits per heavy atom. The van der Waals surface area contributed by atoms with Crippen LogP contribution in [0, 0.1) is 6.92 Å². The SMILES string of the molecule is Cc1cccc(CN(C(=O)CNC(N)=O)C23CC(NC(=O)OC(C)(C)C)(C2)C3)c1. The number of rotatable bonds is 6. The molecule has 3 aliphatic rings. The van der Waals surface area contributed by atoms with Crippen LogP contribution in [0.5, 0.6) is 0 Å². The largest absolute Gasteiger partial charge is 0.444 e. The molecule has 3 aliphatic carbocycles. The molecule has 0 aliphatic heterocycles. The summed E-state index contributed by atoms with van der Waals surface area (Å²) in [7, 11) is 0. The lowest BCUT2D eigenvalue weighted by atomic mass is 9.43. The Balaban J connectivity index is 1.68.